The van der Waals surface area contributed by atoms with E-state index in [1.165, 1.54) is 6.20 Å². The lowest BCUT2D eigenvalue weighted by Crippen LogP contribution is -1.91. The van der Waals surface area contributed by atoms with Gasteiger partial charge >= 0.3 is 0 Å². The van der Waals surface area contributed by atoms with Crippen molar-refractivity contribution >= 4 is 58.0 Å². The van der Waals surface area contributed by atoms with E-state index in [0.29, 0.717) is 16.7 Å². The number of hydrogen-bond acceptors (Lipinski definition) is 2. The smallest absolute Gasteiger partial charge is 0.0809 e. The van der Waals surface area contributed by atoms with Gasteiger partial charge in [-0.05, 0) is 11.6 Å². The van der Waals surface area contributed by atoms with Crippen LogP contribution in [0.1, 0.15) is 5.56 Å². The van der Waals surface area contributed by atoms with Crippen LogP contribution in [0.5, 0.6) is 0 Å². The van der Waals surface area contributed by atoms with E-state index in [0.717, 1.165) is 0 Å². The van der Waals surface area contributed by atoms with E-state index in [9.17, 15) is 0 Å². The third kappa shape index (κ3) is 2.80. The summed E-state index contributed by atoms with van der Waals surface area (Å²) < 4.78 is 0. The van der Waals surface area contributed by atoms with Crippen molar-refractivity contribution in [3.8, 4) is 11.1 Å². The van der Waals surface area contributed by atoms with Crippen LogP contribution in [-0.2, 0) is 6.61 Å². The van der Waals surface area contributed by atoms with Crippen LogP contribution in [0.3, 0.4) is 0 Å². The minimum absolute atomic E-state index is 0.105. The first-order valence-corrected chi connectivity index (χ1v) is 6.93. The standard InChI is InChI=1S/C12H6Cl5NO/c13-8-7(6-1-5(4-19)2-18-3-6)9(14)11(16)12(17)10(8)15/h1-3,19H,4H2. The first-order chi connectivity index (χ1) is 8.97. The topological polar surface area (TPSA) is 33.1 Å². The van der Waals surface area contributed by atoms with Crippen molar-refractivity contribution in [1.29, 1.82) is 0 Å². The van der Waals surface area contributed by atoms with Crippen LogP contribution < -0.4 is 0 Å². The van der Waals surface area contributed by atoms with E-state index in [4.69, 9.17) is 63.1 Å². The number of hydrogen-bond donors (Lipinski definition) is 1. The van der Waals surface area contributed by atoms with Crippen molar-refractivity contribution in [2.45, 2.75) is 6.61 Å². The molecule has 0 saturated heterocycles. The van der Waals surface area contributed by atoms with Crippen LogP contribution in [0.25, 0.3) is 11.1 Å². The second kappa shape index (κ2) is 6.04. The van der Waals surface area contributed by atoms with Crippen LogP contribution in [-0.4, -0.2) is 10.1 Å². The molecule has 0 fully saturated rings. The van der Waals surface area contributed by atoms with Gasteiger partial charge in [0.05, 0.1) is 31.7 Å². The van der Waals surface area contributed by atoms with Gasteiger partial charge in [-0.2, -0.15) is 0 Å². The minimum Gasteiger partial charge on any atom is -0.392 e. The molecule has 0 aliphatic carbocycles. The average Bonchev–Trinajstić information content (AvgIpc) is 2.43. The first-order valence-electron chi connectivity index (χ1n) is 5.04. The molecular formula is C12H6Cl5NO. The van der Waals surface area contributed by atoms with Crippen molar-refractivity contribution in [3.63, 3.8) is 0 Å². The fraction of sp³-hybridized carbons (Fsp3) is 0.0833. The Morgan fingerprint density at radius 3 is 1.89 bits per heavy atom. The van der Waals surface area contributed by atoms with Gasteiger partial charge in [-0.1, -0.05) is 58.0 Å². The molecule has 100 valence electrons. The molecule has 1 aromatic carbocycles. The van der Waals surface area contributed by atoms with E-state index >= 15 is 0 Å². The van der Waals surface area contributed by atoms with Gasteiger partial charge < -0.3 is 5.11 Å². The van der Waals surface area contributed by atoms with Crippen molar-refractivity contribution in [2.24, 2.45) is 0 Å². The molecule has 0 atom stereocenters. The van der Waals surface area contributed by atoms with Crippen LogP contribution in [0, 0.1) is 0 Å². The Balaban J connectivity index is 2.75. The molecule has 0 radical (unpaired) electrons. The predicted molar refractivity (Wildman–Crippen MR) is 80.6 cm³/mol. The SMILES string of the molecule is OCc1cncc(-c2c(Cl)c(Cl)c(Cl)c(Cl)c2Cl)c1. The fourth-order valence-corrected chi connectivity index (χ4v) is 2.93. The van der Waals surface area contributed by atoms with E-state index < -0.39 is 0 Å². The van der Waals surface area contributed by atoms with Gasteiger partial charge in [0.15, 0.2) is 0 Å². The molecule has 0 bridgehead atoms. The number of pyridine rings is 1. The summed E-state index contributed by atoms with van der Waals surface area (Å²) in [5.41, 5.74) is 1.65. The normalized spacial score (nSPS) is 10.8. The molecule has 0 saturated carbocycles. The maximum absolute atomic E-state index is 9.12. The first kappa shape index (κ1) is 15.2. The number of nitrogens with zero attached hydrogens (tertiary/aromatic N) is 1. The van der Waals surface area contributed by atoms with Gasteiger partial charge in [0.25, 0.3) is 0 Å². The number of benzene rings is 1. The number of halogens is 5. The molecule has 1 heterocycles. The second-order valence-corrected chi connectivity index (χ2v) is 5.57. The summed E-state index contributed by atoms with van der Waals surface area (Å²) in [6.07, 6.45) is 3.08. The van der Waals surface area contributed by atoms with E-state index in [-0.39, 0.29) is 31.7 Å². The minimum atomic E-state index is -0.148. The van der Waals surface area contributed by atoms with Crippen LogP contribution in [0.15, 0.2) is 18.5 Å². The molecule has 2 rings (SSSR count). The molecule has 0 spiro atoms. The molecule has 0 amide bonds. The highest BCUT2D eigenvalue weighted by Crippen LogP contribution is 2.48. The summed E-state index contributed by atoms with van der Waals surface area (Å²) in [6.45, 7) is -0.148. The van der Waals surface area contributed by atoms with Crippen molar-refractivity contribution in [3.05, 3.63) is 49.1 Å². The number of aromatic nitrogens is 1. The van der Waals surface area contributed by atoms with Crippen molar-refractivity contribution in [2.75, 3.05) is 0 Å². The highest BCUT2D eigenvalue weighted by atomic mass is 35.5. The summed E-state index contributed by atoms with van der Waals surface area (Å²) in [6, 6.07) is 1.70. The zero-order valence-electron chi connectivity index (χ0n) is 9.22. The van der Waals surface area contributed by atoms with Gasteiger partial charge in [0, 0.05) is 23.5 Å². The maximum Gasteiger partial charge on any atom is 0.0809 e. The molecule has 19 heavy (non-hydrogen) atoms. The molecule has 2 aromatic rings. The Morgan fingerprint density at radius 1 is 0.842 bits per heavy atom. The number of aliphatic hydroxyl groups excluding tert-OH is 1. The predicted octanol–water partition coefficient (Wildman–Crippen LogP) is 5.51. The molecule has 7 heteroatoms. The fourth-order valence-electron chi connectivity index (χ4n) is 1.57. The van der Waals surface area contributed by atoms with Gasteiger partial charge in [-0.25, -0.2) is 0 Å². The molecule has 0 aliphatic rings. The van der Waals surface area contributed by atoms with E-state index in [1.807, 2.05) is 0 Å². The highest BCUT2D eigenvalue weighted by molar-refractivity contribution is 6.56. The second-order valence-electron chi connectivity index (χ2n) is 3.68. The number of rotatable bonds is 2. The third-order valence-corrected chi connectivity index (χ3v) is 4.75. The third-order valence-electron chi connectivity index (χ3n) is 2.48. The largest absolute Gasteiger partial charge is 0.392 e. The van der Waals surface area contributed by atoms with Crippen LogP contribution in [0.2, 0.25) is 25.1 Å². The van der Waals surface area contributed by atoms with Gasteiger partial charge in [-0.15, -0.1) is 0 Å². The molecule has 2 nitrogen and oxygen atoms in total. The Morgan fingerprint density at radius 2 is 1.37 bits per heavy atom. The molecule has 1 N–H and O–H groups in total. The van der Waals surface area contributed by atoms with Crippen molar-refractivity contribution < 1.29 is 5.11 Å². The monoisotopic (exact) mass is 355 g/mol. The lowest BCUT2D eigenvalue weighted by Gasteiger charge is -2.12. The molecule has 0 unspecified atom stereocenters. The highest BCUT2D eigenvalue weighted by Gasteiger charge is 2.20. The molecule has 0 aliphatic heterocycles. The maximum atomic E-state index is 9.12. The summed E-state index contributed by atoms with van der Waals surface area (Å²) in [5.74, 6) is 0. The van der Waals surface area contributed by atoms with E-state index in [1.54, 1.807) is 12.3 Å². The quantitative estimate of drug-likeness (QED) is 0.568. The zero-order valence-corrected chi connectivity index (χ0v) is 13.0. The van der Waals surface area contributed by atoms with E-state index in [2.05, 4.69) is 4.98 Å². The Hall–Kier alpha value is -0.220. The summed E-state index contributed by atoms with van der Waals surface area (Å²) in [7, 11) is 0. The lowest BCUT2D eigenvalue weighted by atomic mass is 10.1. The van der Waals surface area contributed by atoms with Crippen LogP contribution in [0.4, 0.5) is 0 Å². The van der Waals surface area contributed by atoms with Gasteiger partial charge in [-0.3, -0.25) is 4.98 Å². The summed E-state index contributed by atoms with van der Waals surface area (Å²) in [5, 5.41) is 9.87. The molecular weight excluding hydrogens is 351 g/mol. The Kier molecular flexibility index (Phi) is 4.83. The average molecular weight is 357 g/mol. The Labute approximate surface area is 134 Å². The summed E-state index contributed by atoms with van der Waals surface area (Å²) >= 11 is 30.2. The van der Waals surface area contributed by atoms with Crippen molar-refractivity contribution in [1.82, 2.24) is 4.98 Å². The van der Waals surface area contributed by atoms with Gasteiger partial charge in [0.1, 0.15) is 0 Å². The number of aliphatic hydroxyl groups is 1. The molecule has 1 aromatic heterocycles. The lowest BCUT2D eigenvalue weighted by molar-refractivity contribution is 0.281. The summed E-state index contributed by atoms with van der Waals surface area (Å²) in [4.78, 5) is 4.00. The van der Waals surface area contributed by atoms with Gasteiger partial charge in [0.2, 0.25) is 0 Å². The Bertz CT molecular complexity index is 615. The van der Waals surface area contributed by atoms with Crippen LogP contribution >= 0.6 is 58.0 Å². The zero-order chi connectivity index (χ0) is 14.2.